The van der Waals surface area contributed by atoms with Crippen molar-refractivity contribution in [3.63, 3.8) is 0 Å². The maximum atomic E-state index is 13.7. The van der Waals surface area contributed by atoms with E-state index in [2.05, 4.69) is 0 Å². The van der Waals surface area contributed by atoms with Crippen LogP contribution in [0.4, 0.5) is 4.39 Å². The first kappa shape index (κ1) is 19.9. The van der Waals surface area contributed by atoms with E-state index in [1.165, 1.54) is 12.1 Å². The molecule has 0 heterocycles. The van der Waals surface area contributed by atoms with E-state index in [4.69, 9.17) is 14.6 Å². The second-order valence-corrected chi connectivity index (χ2v) is 6.59. The van der Waals surface area contributed by atoms with Gasteiger partial charge in [0.05, 0.1) is 5.56 Å². The van der Waals surface area contributed by atoms with Crippen molar-refractivity contribution in [2.24, 2.45) is 5.92 Å². The number of alkyl halides is 1. The zero-order valence-corrected chi connectivity index (χ0v) is 14.7. The van der Waals surface area contributed by atoms with Crippen molar-refractivity contribution in [2.75, 3.05) is 0 Å². The van der Waals surface area contributed by atoms with Gasteiger partial charge in [0.1, 0.15) is 17.5 Å². The summed E-state index contributed by atoms with van der Waals surface area (Å²) in [5.41, 5.74) is -0.117. The standard InChI is InChI=1S/C18H25FO5/c1-6-18(4,5)24-13-9-7-12(8-10-13)17(22)23-15(11(2)3)14(19)16(20)21/h7-11,14-15H,6H2,1-5H3,(H,20,21). The summed E-state index contributed by atoms with van der Waals surface area (Å²) in [6.45, 7) is 9.10. The average Bonchev–Trinajstić information content (AvgIpc) is 2.51. The van der Waals surface area contributed by atoms with Crippen LogP contribution in [0, 0.1) is 5.92 Å². The SMILES string of the molecule is CCC(C)(C)Oc1ccc(C(=O)OC(C(C)C)C(F)C(=O)O)cc1. The first-order valence-corrected chi connectivity index (χ1v) is 7.94. The molecule has 0 aliphatic rings. The minimum Gasteiger partial charge on any atom is -0.488 e. The summed E-state index contributed by atoms with van der Waals surface area (Å²) in [4.78, 5) is 22.9. The Kier molecular flexibility index (Phi) is 6.75. The molecule has 6 heteroatoms. The zero-order chi connectivity index (χ0) is 18.5. The summed E-state index contributed by atoms with van der Waals surface area (Å²) in [5.74, 6) is -2.27. The first-order valence-electron chi connectivity index (χ1n) is 7.94. The van der Waals surface area contributed by atoms with Crippen molar-refractivity contribution < 1.29 is 28.6 Å². The Balaban J connectivity index is 2.82. The Labute approximate surface area is 141 Å². The predicted octanol–water partition coefficient (Wildman–Crippen LogP) is 3.86. The number of ether oxygens (including phenoxy) is 2. The third-order valence-corrected chi connectivity index (χ3v) is 3.76. The lowest BCUT2D eigenvalue weighted by Crippen LogP contribution is -2.38. The van der Waals surface area contributed by atoms with Gasteiger partial charge in [0.2, 0.25) is 6.17 Å². The number of hydrogen-bond donors (Lipinski definition) is 1. The lowest BCUT2D eigenvalue weighted by Gasteiger charge is -2.25. The van der Waals surface area contributed by atoms with E-state index in [-0.39, 0.29) is 11.2 Å². The summed E-state index contributed by atoms with van der Waals surface area (Å²) in [5, 5.41) is 8.77. The number of hydrogen-bond acceptors (Lipinski definition) is 4. The number of carboxylic acid groups (broad SMARTS) is 1. The number of carbonyl (C=O) groups is 2. The Morgan fingerprint density at radius 2 is 1.75 bits per heavy atom. The molecule has 0 spiro atoms. The Bertz CT molecular complexity index is 565. The highest BCUT2D eigenvalue weighted by molar-refractivity contribution is 5.90. The molecule has 1 rings (SSSR count). The fraction of sp³-hybridized carbons (Fsp3) is 0.556. The highest BCUT2D eigenvalue weighted by atomic mass is 19.1. The van der Waals surface area contributed by atoms with Crippen molar-refractivity contribution in [3.05, 3.63) is 29.8 Å². The van der Waals surface area contributed by atoms with Crippen LogP contribution in [0.2, 0.25) is 0 Å². The van der Waals surface area contributed by atoms with Crippen LogP contribution in [0.1, 0.15) is 51.4 Å². The lowest BCUT2D eigenvalue weighted by atomic mass is 10.0. The zero-order valence-electron chi connectivity index (χ0n) is 14.7. The summed E-state index contributed by atoms with van der Waals surface area (Å²) < 4.78 is 24.5. The highest BCUT2D eigenvalue weighted by Gasteiger charge is 2.34. The normalized spacial score (nSPS) is 14.1. The van der Waals surface area contributed by atoms with Crippen molar-refractivity contribution in [1.29, 1.82) is 0 Å². The Morgan fingerprint density at radius 3 is 2.17 bits per heavy atom. The van der Waals surface area contributed by atoms with Crippen LogP contribution >= 0.6 is 0 Å². The molecule has 2 unspecified atom stereocenters. The quantitative estimate of drug-likeness (QED) is 0.728. The van der Waals surface area contributed by atoms with Gasteiger partial charge < -0.3 is 14.6 Å². The smallest absolute Gasteiger partial charge is 0.342 e. The van der Waals surface area contributed by atoms with E-state index in [0.29, 0.717) is 5.75 Å². The van der Waals surface area contributed by atoms with Gasteiger partial charge in [-0.2, -0.15) is 0 Å². The molecular formula is C18H25FO5. The van der Waals surface area contributed by atoms with E-state index < -0.39 is 30.1 Å². The molecule has 0 fully saturated rings. The number of benzene rings is 1. The van der Waals surface area contributed by atoms with Gasteiger partial charge in [-0.05, 0) is 50.5 Å². The largest absolute Gasteiger partial charge is 0.488 e. The second kappa shape index (κ2) is 8.13. The minimum absolute atomic E-state index is 0.208. The average molecular weight is 340 g/mol. The van der Waals surface area contributed by atoms with Gasteiger partial charge in [-0.15, -0.1) is 0 Å². The number of aliphatic carboxylic acids is 1. The number of carboxylic acids is 1. The van der Waals surface area contributed by atoms with Crippen molar-refractivity contribution in [3.8, 4) is 5.75 Å². The van der Waals surface area contributed by atoms with Gasteiger partial charge in [0.25, 0.3) is 0 Å². The summed E-state index contributed by atoms with van der Waals surface area (Å²) in [6.07, 6.45) is -2.79. The van der Waals surface area contributed by atoms with E-state index in [0.717, 1.165) is 6.42 Å². The van der Waals surface area contributed by atoms with Gasteiger partial charge >= 0.3 is 11.9 Å². The molecule has 0 radical (unpaired) electrons. The van der Waals surface area contributed by atoms with Crippen molar-refractivity contribution >= 4 is 11.9 Å². The fourth-order valence-corrected chi connectivity index (χ4v) is 1.92. The number of halogens is 1. The van der Waals surface area contributed by atoms with Crippen LogP contribution in [0.5, 0.6) is 5.75 Å². The molecule has 24 heavy (non-hydrogen) atoms. The van der Waals surface area contributed by atoms with E-state index in [1.54, 1.807) is 26.0 Å². The molecule has 1 aromatic rings. The fourth-order valence-electron chi connectivity index (χ4n) is 1.92. The van der Waals surface area contributed by atoms with Crippen LogP contribution in [0.3, 0.4) is 0 Å². The molecule has 0 bridgehead atoms. The molecular weight excluding hydrogens is 315 g/mol. The third kappa shape index (κ3) is 5.51. The van der Waals surface area contributed by atoms with Gasteiger partial charge in [0.15, 0.2) is 0 Å². The molecule has 0 aliphatic carbocycles. The Hall–Kier alpha value is -2.11. The molecule has 1 aromatic carbocycles. The Morgan fingerprint density at radius 1 is 1.21 bits per heavy atom. The topological polar surface area (TPSA) is 72.8 Å². The second-order valence-electron chi connectivity index (χ2n) is 6.59. The lowest BCUT2D eigenvalue weighted by molar-refractivity contribution is -0.148. The maximum absolute atomic E-state index is 13.7. The number of carbonyl (C=O) groups excluding carboxylic acids is 1. The van der Waals surface area contributed by atoms with E-state index in [9.17, 15) is 14.0 Å². The molecule has 0 aliphatic heterocycles. The van der Waals surface area contributed by atoms with Crippen LogP contribution in [-0.2, 0) is 9.53 Å². The molecule has 1 N–H and O–H groups in total. The molecule has 2 atom stereocenters. The van der Waals surface area contributed by atoms with Crippen LogP contribution in [0.15, 0.2) is 24.3 Å². The van der Waals surface area contributed by atoms with Crippen molar-refractivity contribution in [2.45, 2.75) is 58.9 Å². The van der Waals surface area contributed by atoms with Gasteiger partial charge in [0, 0.05) is 0 Å². The van der Waals surface area contributed by atoms with Crippen LogP contribution in [0.25, 0.3) is 0 Å². The van der Waals surface area contributed by atoms with Crippen LogP contribution in [-0.4, -0.2) is 34.9 Å². The van der Waals surface area contributed by atoms with E-state index >= 15 is 0 Å². The van der Waals surface area contributed by atoms with E-state index in [1.807, 2.05) is 20.8 Å². The number of esters is 1. The highest BCUT2D eigenvalue weighted by Crippen LogP contribution is 2.22. The van der Waals surface area contributed by atoms with Crippen LogP contribution < -0.4 is 4.74 Å². The molecule has 0 aromatic heterocycles. The summed E-state index contributed by atoms with van der Waals surface area (Å²) in [7, 11) is 0. The first-order chi connectivity index (χ1) is 11.1. The molecule has 0 saturated heterocycles. The molecule has 0 amide bonds. The third-order valence-electron chi connectivity index (χ3n) is 3.76. The number of rotatable bonds is 8. The monoisotopic (exact) mass is 340 g/mol. The van der Waals surface area contributed by atoms with Gasteiger partial charge in [-0.3, -0.25) is 0 Å². The minimum atomic E-state index is -2.26. The molecule has 0 saturated carbocycles. The maximum Gasteiger partial charge on any atom is 0.342 e. The van der Waals surface area contributed by atoms with Gasteiger partial charge in [-0.25, -0.2) is 14.0 Å². The van der Waals surface area contributed by atoms with Gasteiger partial charge in [-0.1, -0.05) is 20.8 Å². The summed E-state index contributed by atoms with van der Waals surface area (Å²) in [6, 6.07) is 6.27. The molecule has 134 valence electrons. The van der Waals surface area contributed by atoms with Crippen molar-refractivity contribution in [1.82, 2.24) is 0 Å². The molecule has 5 nitrogen and oxygen atoms in total. The summed E-state index contributed by atoms with van der Waals surface area (Å²) >= 11 is 0. The predicted molar refractivity (Wildman–Crippen MR) is 88.0 cm³/mol.